The Labute approximate surface area is 68.0 Å². The van der Waals surface area contributed by atoms with Crippen LogP contribution >= 0.6 is 0 Å². The lowest BCUT2D eigenvalue weighted by atomic mass is 9.76. The molecule has 0 spiro atoms. The van der Waals surface area contributed by atoms with Gasteiger partial charge in [-0.15, -0.1) is 0 Å². The Morgan fingerprint density at radius 1 is 1.00 bits per heavy atom. The predicted octanol–water partition coefficient (Wildman–Crippen LogP) is 2.77. The van der Waals surface area contributed by atoms with Crippen molar-refractivity contribution in [3.05, 3.63) is 24.3 Å². The number of rotatable bonds is 0. The molecule has 0 nitrogen and oxygen atoms in total. The largest absolute Gasteiger partial charge is 0.0882 e. The molecule has 4 unspecified atom stereocenters. The first kappa shape index (κ1) is 6.05. The molecule has 0 aromatic rings. The minimum Gasteiger partial charge on any atom is -0.0882 e. The molecule has 0 aliphatic heterocycles. The average molecular weight is 146 g/mol. The highest BCUT2D eigenvalue weighted by Crippen LogP contribution is 2.51. The van der Waals surface area contributed by atoms with Crippen molar-refractivity contribution in [1.29, 1.82) is 0 Å². The molecule has 0 amide bonds. The summed E-state index contributed by atoms with van der Waals surface area (Å²) < 4.78 is 0. The van der Waals surface area contributed by atoms with Crippen LogP contribution in [0.3, 0.4) is 0 Å². The highest BCUT2D eigenvalue weighted by atomic mass is 14.5. The quantitative estimate of drug-likeness (QED) is 0.461. The highest BCUT2D eigenvalue weighted by Gasteiger charge is 2.43. The molecule has 0 N–H and O–H groups in total. The van der Waals surface area contributed by atoms with E-state index < -0.39 is 0 Å². The molecule has 3 rings (SSSR count). The van der Waals surface area contributed by atoms with Gasteiger partial charge in [0.2, 0.25) is 0 Å². The van der Waals surface area contributed by atoms with E-state index in [1.54, 1.807) is 0 Å². The fourth-order valence-corrected chi connectivity index (χ4v) is 3.03. The Bertz CT molecular complexity index is 224. The van der Waals surface area contributed by atoms with Gasteiger partial charge in [0, 0.05) is 0 Å². The van der Waals surface area contributed by atoms with Gasteiger partial charge < -0.3 is 0 Å². The molecule has 3 aliphatic rings. The molecule has 1 saturated carbocycles. The summed E-state index contributed by atoms with van der Waals surface area (Å²) in [5.74, 6) is 3.86. The van der Waals surface area contributed by atoms with Gasteiger partial charge in [-0.1, -0.05) is 24.3 Å². The highest BCUT2D eigenvalue weighted by molar-refractivity contribution is 5.21. The van der Waals surface area contributed by atoms with Crippen LogP contribution in [0.5, 0.6) is 0 Å². The summed E-state index contributed by atoms with van der Waals surface area (Å²) in [5.41, 5.74) is 0. The lowest BCUT2D eigenvalue weighted by Crippen LogP contribution is -2.21. The Kier molecular flexibility index (Phi) is 1.10. The van der Waals surface area contributed by atoms with E-state index in [2.05, 4.69) is 24.3 Å². The minimum atomic E-state index is 0.914. The summed E-state index contributed by atoms with van der Waals surface area (Å²) in [4.78, 5) is 0. The third-order valence-corrected chi connectivity index (χ3v) is 3.70. The van der Waals surface area contributed by atoms with E-state index in [0.29, 0.717) is 0 Å². The van der Waals surface area contributed by atoms with Crippen molar-refractivity contribution in [2.24, 2.45) is 23.7 Å². The van der Waals surface area contributed by atoms with E-state index >= 15 is 0 Å². The fraction of sp³-hybridized carbons (Fsp3) is 0.636. The van der Waals surface area contributed by atoms with Gasteiger partial charge in [-0.2, -0.15) is 0 Å². The Morgan fingerprint density at radius 2 is 1.91 bits per heavy atom. The monoisotopic (exact) mass is 146 g/mol. The zero-order chi connectivity index (χ0) is 7.26. The van der Waals surface area contributed by atoms with Crippen molar-refractivity contribution in [3.8, 4) is 0 Å². The van der Waals surface area contributed by atoms with Gasteiger partial charge in [0.25, 0.3) is 0 Å². The molecule has 0 aromatic carbocycles. The van der Waals surface area contributed by atoms with Crippen LogP contribution in [0, 0.1) is 23.7 Å². The van der Waals surface area contributed by atoms with Gasteiger partial charge in [0.05, 0.1) is 0 Å². The molecule has 0 aromatic heterocycles. The van der Waals surface area contributed by atoms with Gasteiger partial charge >= 0.3 is 0 Å². The van der Waals surface area contributed by atoms with E-state index in [1.807, 2.05) is 0 Å². The molecule has 1 fully saturated rings. The van der Waals surface area contributed by atoms with Crippen molar-refractivity contribution in [1.82, 2.24) is 0 Å². The first-order valence-electron chi connectivity index (χ1n) is 4.80. The molecular formula is C11H14. The second kappa shape index (κ2) is 2.00. The normalized spacial score (nSPS) is 51.6. The maximum atomic E-state index is 2.47. The first-order valence-corrected chi connectivity index (χ1v) is 4.80. The summed E-state index contributed by atoms with van der Waals surface area (Å²) in [5, 5.41) is 0. The summed E-state index contributed by atoms with van der Waals surface area (Å²) in [6.07, 6.45) is 14.0. The SMILES string of the molecule is C1=CC2CC(CC1)C1C=CC21. The third-order valence-electron chi connectivity index (χ3n) is 3.70. The zero-order valence-corrected chi connectivity index (χ0v) is 6.74. The van der Waals surface area contributed by atoms with Gasteiger partial charge in [-0.05, 0) is 42.9 Å². The van der Waals surface area contributed by atoms with Gasteiger partial charge in [0.1, 0.15) is 0 Å². The first-order chi connectivity index (χ1) is 5.45. The predicted molar refractivity (Wildman–Crippen MR) is 46.1 cm³/mol. The lowest BCUT2D eigenvalue weighted by Gasteiger charge is -2.29. The second-order valence-corrected chi connectivity index (χ2v) is 4.20. The number of hydrogen-bond donors (Lipinski definition) is 0. The van der Waals surface area contributed by atoms with E-state index in [9.17, 15) is 0 Å². The summed E-state index contributed by atoms with van der Waals surface area (Å²) in [7, 11) is 0. The second-order valence-electron chi connectivity index (χ2n) is 4.20. The van der Waals surface area contributed by atoms with Crippen molar-refractivity contribution in [2.75, 3.05) is 0 Å². The van der Waals surface area contributed by atoms with E-state index in [0.717, 1.165) is 23.7 Å². The van der Waals surface area contributed by atoms with E-state index in [1.165, 1.54) is 19.3 Å². The third kappa shape index (κ3) is 0.702. The molecule has 0 radical (unpaired) electrons. The Balaban J connectivity index is 1.96. The van der Waals surface area contributed by atoms with Crippen molar-refractivity contribution >= 4 is 0 Å². The molecular weight excluding hydrogens is 132 g/mol. The van der Waals surface area contributed by atoms with Crippen LogP contribution in [0.25, 0.3) is 0 Å². The van der Waals surface area contributed by atoms with Gasteiger partial charge in [-0.25, -0.2) is 0 Å². The molecule has 0 saturated heterocycles. The number of fused-ring (bicyclic) bond motifs is 5. The van der Waals surface area contributed by atoms with Crippen LogP contribution in [0.4, 0.5) is 0 Å². The standard InChI is InChI=1S/C11H14/c1-2-4-9-7-8(3-1)10-5-6-11(9)10/h1,3,5-6,8-11H,2,4,7H2. The minimum absolute atomic E-state index is 0.914. The maximum Gasteiger partial charge on any atom is -0.0105 e. The van der Waals surface area contributed by atoms with Gasteiger partial charge in [-0.3, -0.25) is 0 Å². The molecule has 0 heterocycles. The maximum absolute atomic E-state index is 2.47. The summed E-state index contributed by atoms with van der Waals surface area (Å²) >= 11 is 0. The Morgan fingerprint density at radius 3 is 2.73 bits per heavy atom. The molecule has 58 valence electrons. The Hall–Kier alpha value is -0.520. The van der Waals surface area contributed by atoms with Crippen LogP contribution in [-0.2, 0) is 0 Å². The van der Waals surface area contributed by atoms with Crippen molar-refractivity contribution < 1.29 is 0 Å². The van der Waals surface area contributed by atoms with Crippen LogP contribution < -0.4 is 0 Å². The van der Waals surface area contributed by atoms with Crippen molar-refractivity contribution in [3.63, 3.8) is 0 Å². The number of hydrogen-bond acceptors (Lipinski definition) is 0. The molecule has 4 atom stereocenters. The molecule has 0 heteroatoms. The lowest BCUT2D eigenvalue weighted by molar-refractivity contribution is 0.360. The topological polar surface area (TPSA) is 0 Å². The molecule has 3 aliphatic carbocycles. The smallest absolute Gasteiger partial charge is 0.0105 e. The van der Waals surface area contributed by atoms with Crippen LogP contribution in [0.15, 0.2) is 24.3 Å². The molecule has 2 bridgehead atoms. The zero-order valence-electron chi connectivity index (χ0n) is 6.74. The number of allylic oxidation sites excluding steroid dienone is 4. The van der Waals surface area contributed by atoms with Crippen LogP contribution in [0.1, 0.15) is 19.3 Å². The van der Waals surface area contributed by atoms with Gasteiger partial charge in [0.15, 0.2) is 0 Å². The summed E-state index contributed by atoms with van der Waals surface area (Å²) in [6.45, 7) is 0. The fourth-order valence-electron chi connectivity index (χ4n) is 3.03. The molecule has 11 heavy (non-hydrogen) atoms. The van der Waals surface area contributed by atoms with E-state index in [4.69, 9.17) is 0 Å². The summed E-state index contributed by atoms with van der Waals surface area (Å²) in [6, 6.07) is 0. The van der Waals surface area contributed by atoms with Crippen molar-refractivity contribution in [2.45, 2.75) is 19.3 Å². The van der Waals surface area contributed by atoms with E-state index in [-0.39, 0.29) is 0 Å². The van der Waals surface area contributed by atoms with Crippen LogP contribution in [0.2, 0.25) is 0 Å². The van der Waals surface area contributed by atoms with Crippen LogP contribution in [-0.4, -0.2) is 0 Å². The average Bonchev–Trinajstić information content (AvgIpc) is 2.17.